The summed E-state index contributed by atoms with van der Waals surface area (Å²) >= 11 is 0. The average Bonchev–Trinajstić information content (AvgIpc) is 2.18. The Morgan fingerprint density at radius 2 is 0.889 bits per heavy atom. The van der Waals surface area contributed by atoms with Crippen LogP contribution in [-0.2, 0) is 0 Å². The van der Waals surface area contributed by atoms with Gasteiger partial charge in [-0.05, 0) is 44.9 Å². The molecule has 0 aromatic carbocycles. The van der Waals surface area contributed by atoms with Crippen molar-refractivity contribution in [1.29, 1.82) is 0 Å². The SMILES string of the molecule is CC(C)=C(C)C.CC(C)C(C)(C)C(C)C.CCC. The molecule has 18 heavy (non-hydrogen) atoms. The molecular weight excluding hydrogens is 216 g/mol. The molecule has 0 amide bonds. The van der Waals surface area contributed by atoms with Crippen molar-refractivity contribution in [2.45, 2.75) is 89.5 Å². The third-order valence-electron chi connectivity index (χ3n) is 3.98. The van der Waals surface area contributed by atoms with E-state index in [-0.39, 0.29) is 0 Å². The first-order valence-corrected chi connectivity index (χ1v) is 7.55. The first-order valence-electron chi connectivity index (χ1n) is 7.55. The van der Waals surface area contributed by atoms with Gasteiger partial charge in [-0.2, -0.15) is 0 Å². The Morgan fingerprint density at radius 1 is 0.722 bits per heavy atom. The van der Waals surface area contributed by atoms with E-state index in [0.29, 0.717) is 5.41 Å². The van der Waals surface area contributed by atoms with Crippen LogP contribution >= 0.6 is 0 Å². The van der Waals surface area contributed by atoms with Crippen molar-refractivity contribution in [3.05, 3.63) is 11.1 Å². The minimum absolute atomic E-state index is 0.500. The van der Waals surface area contributed by atoms with Crippen LogP contribution in [0.5, 0.6) is 0 Å². The van der Waals surface area contributed by atoms with Gasteiger partial charge in [0.2, 0.25) is 0 Å². The van der Waals surface area contributed by atoms with E-state index in [1.165, 1.54) is 17.6 Å². The Kier molecular flexibility index (Phi) is 15.0. The zero-order valence-corrected chi connectivity index (χ0v) is 15.4. The van der Waals surface area contributed by atoms with Gasteiger partial charge in [0, 0.05) is 0 Å². The molecule has 0 aromatic rings. The molecule has 0 bridgehead atoms. The smallest absolute Gasteiger partial charge is 0.0308 e. The molecule has 0 atom stereocenters. The third-order valence-corrected chi connectivity index (χ3v) is 3.98. The molecular formula is C18H40. The maximum atomic E-state index is 2.34. The highest BCUT2D eigenvalue weighted by Crippen LogP contribution is 2.33. The molecule has 0 saturated heterocycles. The van der Waals surface area contributed by atoms with Gasteiger partial charge in [-0.15, -0.1) is 0 Å². The maximum Gasteiger partial charge on any atom is -0.0308 e. The minimum Gasteiger partial charge on any atom is -0.0778 e. The predicted molar refractivity (Wildman–Crippen MR) is 89.1 cm³/mol. The average molecular weight is 257 g/mol. The molecule has 0 aromatic heterocycles. The molecule has 0 radical (unpaired) electrons. The van der Waals surface area contributed by atoms with E-state index in [1.807, 2.05) is 0 Å². The highest BCUT2D eigenvalue weighted by atomic mass is 14.3. The van der Waals surface area contributed by atoms with Crippen LogP contribution in [-0.4, -0.2) is 0 Å². The molecule has 0 saturated carbocycles. The lowest BCUT2D eigenvalue weighted by atomic mass is 9.72. The van der Waals surface area contributed by atoms with Crippen molar-refractivity contribution in [3.8, 4) is 0 Å². The molecule has 0 aliphatic rings. The normalized spacial score (nSPS) is 10.3. The molecule has 0 N–H and O–H groups in total. The van der Waals surface area contributed by atoms with Crippen molar-refractivity contribution in [1.82, 2.24) is 0 Å². The summed E-state index contributed by atoms with van der Waals surface area (Å²) in [5, 5.41) is 0. The van der Waals surface area contributed by atoms with Gasteiger partial charge in [-0.3, -0.25) is 0 Å². The van der Waals surface area contributed by atoms with Crippen molar-refractivity contribution >= 4 is 0 Å². The van der Waals surface area contributed by atoms with Gasteiger partial charge in [0.25, 0.3) is 0 Å². The second kappa shape index (κ2) is 11.8. The summed E-state index contributed by atoms with van der Waals surface area (Å²) in [6.45, 7) is 26.6. The fraction of sp³-hybridized carbons (Fsp3) is 0.889. The second-order valence-corrected chi connectivity index (χ2v) is 6.84. The fourth-order valence-electron chi connectivity index (χ4n) is 0.667. The lowest BCUT2D eigenvalue weighted by Gasteiger charge is -2.33. The van der Waals surface area contributed by atoms with Crippen molar-refractivity contribution in [2.75, 3.05) is 0 Å². The van der Waals surface area contributed by atoms with Crippen molar-refractivity contribution in [3.63, 3.8) is 0 Å². The number of rotatable bonds is 2. The third kappa shape index (κ3) is 13.8. The van der Waals surface area contributed by atoms with Gasteiger partial charge < -0.3 is 0 Å². The van der Waals surface area contributed by atoms with E-state index < -0.39 is 0 Å². The van der Waals surface area contributed by atoms with Crippen LogP contribution < -0.4 is 0 Å². The summed E-state index contributed by atoms with van der Waals surface area (Å²) in [7, 11) is 0. The summed E-state index contributed by atoms with van der Waals surface area (Å²) in [4.78, 5) is 0. The first-order chi connectivity index (χ1) is 7.94. The molecule has 0 heterocycles. The molecule has 0 aliphatic carbocycles. The molecule has 0 nitrogen and oxygen atoms in total. The molecule has 112 valence electrons. The van der Waals surface area contributed by atoms with Crippen LogP contribution in [0.25, 0.3) is 0 Å². The fourth-order valence-corrected chi connectivity index (χ4v) is 0.667. The van der Waals surface area contributed by atoms with E-state index in [4.69, 9.17) is 0 Å². The van der Waals surface area contributed by atoms with Gasteiger partial charge in [0.05, 0.1) is 0 Å². The van der Waals surface area contributed by atoms with Crippen LogP contribution in [0, 0.1) is 17.3 Å². The van der Waals surface area contributed by atoms with Crippen LogP contribution in [0.4, 0.5) is 0 Å². The van der Waals surface area contributed by atoms with Crippen molar-refractivity contribution < 1.29 is 0 Å². The van der Waals surface area contributed by atoms with Gasteiger partial charge in [0.1, 0.15) is 0 Å². The largest absolute Gasteiger partial charge is 0.0778 e. The predicted octanol–water partition coefficient (Wildman–Crippen LogP) is 7.10. The monoisotopic (exact) mass is 256 g/mol. The van der Waals surface area contributed by atoms with E-state index in [2.05, 4.69) is 83.1 Å². The van der Waals surface area contributed by atoms with Crippen molar-refractivity contribution in [2.24, 2.45) is 17.3 Å². The number of hydrogen-bond donors (Lipinski definition) is 0. The van der Waals surface area contributed by atoms with E-state index in [9.17, 15) is 0 Å². The van der Waals surface area contributed by atoms with Gasteiger partial charge >= 0.3 is 0 Å². The Bertz CT molecular complexity index is 176. The highest BCUT2D eigenvalue weighted by Gasteiger charge is 2.25. The Morgan fingerprint density at radius 3 is 0.889 bits per heavy atom. The number of allylic oxidation sites excluding steroid dienone is 2. The maximum absolute atomic E-state index is 2.34. The Balaban J connectivity index is -0.000000216. The summed E-state index contributed by atoms with van der Waals surface area (Å²) in [5.41, 5.74) is 3.35. The lowest BCUT2D eigenvalue weighted by Crippen LogP contribution is -2.25. The topological polar surface area (TPSA) is 0 Å². The first kappa shape index (κ1) is 22.9. The number of hydrogen-bond acceptors (Lipinski definition) is 0. The zero-order chi connectivity index (χ0) is 15.5. The van der Waals surface area contributed by atoms with Gasteiger partial charge in [-0.25, -0.2) is 0 Å². The van der Waals surface area contributed by atoms with Crippen LogP contribution in [0.1, 0.15) is 89.5 Å². The second-order valence-electron chi connectivity index (χ2n) is 6.84. The zero-order valence-electron chi connectivity index (χ0n) is 15.4. The standard InChI is InChI=1S/C9H20.C6H12.C3H8/c1-7(2)9(5,6)8(3)4;1-5(2)6(3)4;1-3-2/h7-8H,1-6H3;1-4H3;3H2,1-2H3. The van der Waals surface area contributed by atoms with Gasteiger partial charge in [-0.1, -0.05) is 73.0 Å². The molecule has 0 aliphatic heterocycles. The molecule has 0 fully saturated rings. The summed E-state index contributed by atoms with van der Waals surface area (Å²) in [6.07, 6.45) is 1.25. The van der Waals surface area contributed by atoms with Crippen LogP contribution in [0.15, 0.2) is 11.1 Å². The lowest BCUT2D eigenvalue weighted by molar-refractivity contribution is 0.165. The van der Waals surface area contributed by atoms with E-state index in [1.54, 1.807) is 0 Å². The van der Waals surface area contributed by atoms with Gasteiger partial charge in [0.15, 0.2) is 0 Å². The summed E-state index contributed by atoms with van der Waals surface area (Å²) in [5.74, 6) is 1.58. The van der Waals surface area contributed by atoms with Crippen LogP contribution in [0.3, 0.4) is 0 Å². The van der Waals surface area contributed by atoms with E-state index in [0.717, 1.165) is 11.8 Å². The Labute approximate surface area is 118 Å². The quantitative estimate of drug-likeness (QED) is 0.462. The summed E-state index contributed by atoms with van der Waals surface area (Å²) < 4.78 is 0. The Hall–Kier alpha value is -0.260. The highest BCUT2D eigenvalue weighted by molar-refractivity contribution is 5.02. The molecule has 0 unspecified atom stereocenters. The molecule has 0 heteroatoms. The molecule has 0 rings (SSSR count). The molecule has 0 spiro atoms. The van der Waals surface area contributed by atoms with Crippen LogP contribution in [0.2, 0.25) is 0 Å². The van der Waals surface area contributed by atoms with E-state index >= 15 is 0 Å². The minimum atomic E-state index is 0.500. The summed E-state index contributed by atoms with van der Waals surface area (Å²) in [6, 6.07) is 0.